The summed E-state index contributed by atoms with van der Waals surface area (Å²) in [5.41, 5.74) is 2.60. The van der Waals surface area contributed by atoms with Crippen molar-refractivity contribution in [2.24, 2.45) is 4.99 Å². The Bertz CT molecular complexity index is 835. The predicted molar refractivity (Wildman–Crippen MR) is 118 cm³/mol. The third kappa shape index (κ3) is 5.55. The maximum atomic E-state index is 12.3. The molecule has 0 fully saturated rings. The summed E-state index contributed by atoms with van der Waals surface area (Å²) in [7, 11) is 0. The van der Waals surface area contributed by atoms with Gasteiger partial charge in [0.15, 0.2) is 5.11 Å². The Kier molecular flexibility index (Phi) is 6.47. The second-order valence-electron chi connectivity index (χ2n) is 6.43. The number of aliphatic imine (C=N–C) groups is 1. The van der Waals surface area contributed by atoms with Gasteiger partial charge in [-0.15, -0.1) is 11.8 Å². The van der Waals surface area contributed by atoms with Gasteiger partial charge < -0.3 is 16.0 Å². The first-order valence-corrected chi connectivity index (χ1v) is 10.1. The van der Waals surface area contributed by atoms with E-state index in [1.807, 2.05) is 56.3 Å². The van der Waals surface area contributed by atoms with Crippen LogP contribution in [-0.4, -0.2) is 34.0 Å². The summed E-state index contributed by atoms with van der Waals surface area (Å²) in [5, 5.41) is 10.8. The van der Waals surface area contributed by atoms with Gasteiger partial charge in [-0.25, -0.2) is 0 Å². The molecule has 2 aromatic rings. The van der Waals surface area contributed by atoms with Crippen molar-refractivity contribution in [1.29, 1.82) is 0 Å². The van der Waals surface area contributed by atoms with Gasteiger partial charge in [0.2, 0.25) is 0 Å². The zero-order valence-electron chi connectivity index (χ0n) is 15.2. The van der Waals surface area contributed by atoms with Crippen LogP contribution in [0.3, 0.4) is 0 Å². The molecule has 0 spiro atoms. The van der Waals surface area contributed by atoms with Crippen LogP contribution in [0.1, 0.15) is 29.8 Å². The highest BCUT2D eigenvalue weighted by atomic mass is 32.2. The standard InChI is InChI=1S/C20H22N4OS2/c1-13(2)21-20(26)22-16-10-8-15(9-11-16)19-24-17(12-27-19)23-18(25)14-6-4-3-5-7-14/h3-11,13,17H,12H2,1-2H3,(H,23,25)(H2,21,22,26). The van der Waals surface area contributed by atoms with E-state index in [0.29, 0.717) is 10.7 Å². The first-order chi connectivity index (χ1) is 13.0. The van der Waals surface area contributed by atoms with E-state index in [4.69, 9.17) is 12.2 Å². The average Bonchev–Trinajstić information content (AvgIpc) is 3.11. The summed E-state index contributed by atoms with van der Waals surface area (Å²) in [6.45, 7) is 4.08. The number of carbonyl (C=O) groups excluding carboxylic acids is 1. The van der Waals surface area contributed by atoms with E-state index in [0.717, 1.165) is 22.0 Å². The average molecular weight is 399 g/mol. The van der Waals surface area contributed by atoms with Gasteiger partial charge in [-0.2, -0.15) is 0 Å². The minimum atomic E-state index is -0.210. The molecule has 0 bridgehead atoms. The van der Waals surface area contributed by atoms with Crippen molar-refractivity contribution >= 4 is 45.7 Å². The van der Waals surface area contributed by atoms with Crippen LogP contribution in [0.5, 0.6) is 0 Å². The lowest BCUT2D eigenvalue weighted by molar-refractivity contribution is 0.0942. The number of rotatable bonds is 5. The number of hydrogen-bond donors (Lipinski definition) is 3. The van der Waals surface area contributed by atoms with Crippen molar-refractivity contribution < 1.29 is 4.79 Å². The number of thioether (sulfide) groups is 1. The van der Waals surface area contributed by atoms with Crippen LogP contribution in [0, 0.1) is 0 Å². The third-order valence-electron chi connectivity index (χ3n) is 3.79. The fourth-order valence-electron chi connectivity index (χ4n) is 2.56. The number of carbonyl (C=O) groups is 1. The van der Waals surface area contributed by atoms with E-state index < -0.39 is 0 Å². The van der Waals surface area contributed by atoms with Crippen LogP contribution < -0.4 is 16.0 Å². The van der Waals surface area contributed by atoms with Gasteiger partial charge in [-0.1, -0.05) is 30.3 Å². The predicted octanol–water partition coefficient (Wildman–Crippen LogP) is 3.63. The fraction of sp³-hybridized carbons (Fsp3) is 0.250. The molecule has 27 heavy (non-hydrogen) atoms. The highest BCUT2D eigenvalue weighted by Crippen LogP contribution is 2.23. The fourth-order valence-corrected chi connectivity index (χ4v) is 3.89. The van der Waals surface area contributed by atoms with E-state index in [-0.39, 0.29) is 18.1 Å². The molecule has 2 aromatic carbocycles. The Balaban J connectivity index is 1.59. The Morgan fingerprint density at radius 2 is 1.85 bits per heavy atom. The number of benzene rings is 2. The zero-order chi connectivity index (χ0) is 19.2. The quantitative estimate of drug-likeness (QED) is 0.671. The molecule has 0 saturated heterocycles. The smallest absolute Gasteiger partial charge is 0.252 e. The highest BCUT2D eigenvalue weighted by Gasteiger charge is 2.21. The Labute approximate surface area is 169 Å². The van der Waals surface area contributed by atoms with Crippen molar-refractivity contribution in [3.8, 4) is 0 Å². The molecule has 0 saturated carbocycles. The van der Waals surface area contributed by atoms with Crippen molar-refractivity contribution in [3.05, 3.63) is 65.7 Å². The molecular formula is C20H22N4OS2. The summed E-state index contributed by atoms with van der Waals surface area (Å²) < 4.78 is 0. The molecule has 0 radical (unpaired) electrons. The Morgan fingerprint density at radius 1 is 1.15 bits per heavy atom. The molecule has 5 nitrogen and oxygen atoms in total. The topological polar surface area (TPSA) is 65.5 Å². The van der Waals surface area contributed by atoms with Crippen molar-refractivity contribution in [2.45, 2.75) is 26.1 Å². The first-order valence-electron chi connectivity index (χ1n) is 8.76. The van der Waals surface area contributed by atoms with Gasteiger partial charge >= 0.3 is 0 Å². The molecule has 1 atom stereocenters. The highest BCUT2D eigenvalue weighted by molar-refractivity contribution is 8.14. The van der Waals surface area contributed by atoms with Crippen molar-refractivity contribution in [1.82, 2.24) is 10.6 Å². The summed E-state index contributed by atoms with van der Waals surface area (Å²) in [5.74, 6) is 0.632. The van der Waals surface area contributed by atoms with E-state index in [1.54, 1.807) is 23.9 Å². The summed E-state index contributed by atoms with van der Waals surface area (Å²) in [6.07, 6.45) is -0.210. The molecular weight excluding hydrogens is 376 g/mol. The molecule has 0 aromatic heterocycles. The zero-order valence-corrected chi connectivity index (χ0v) is 16.9. The van der Waals surface area contributed by atoms with E-state index in [2.05, 4.69) is 20.9 Å². The summed E-state index contributed by atoms with van der Waals surface area (Å²) in [4.78, 5) is 16.9. The van der Waals surface area contributed by atoms with E-state index in [1.165, 1.54) is 0 Å². The lowest BCUT2D eigenvalue weighted by atomic mass is 10.2. The lowest BCUT2D eigenvalue weighted by Gasteiger charge is -2.13. The van der Waals surface area contributed by atoms with Crippen molar-refractivity contribution in [2.75, 3.05) is 11.1 Å². The van der Waals surface area contributed by atoms with Gasteiger partial charge in [0.05, 0.1) is 0 Å². The molecule has 0 aliphatic carbocycles. The Morgan fingerprint density at radius 3 is 2.52 bits per heavy atom. The molecule has 1 heterocycles. The lowest BCUT2D eigenvalue weighted by Crippen LogP contribution is -2.33. The maximum absolute atomic E-state index is 12.3. The minimum Gasteiger partial charge on any atom is -0.360 e. The number of amides is 1. The second-order valence-corrected chi connectivity index (χ2v) is 7.85. The number of nitrogens with one attached hydrogen (secondary N) is 3. The van der Waals surface area contributed by atoms with Crippen LogP contribution in [0.4, 0.5) is 5.69 Å². The van der Waals surface area contributed by atoms with Gasteiger partial charge in [0, 0.05) is 28.6 Å². The molecule has 1 unspecified atom stereocenters. The van der Waals surface area contributed by atoms with Crippen LogP contribution in [0.2, 0.25) is 0 Å². The second kappa shape index (κ2) is 9.01. The third-order valence-corrected chi connectivity index (χ3v) is 5.11. The van der Waals surface area contributed by atoms with Crippen LogP contribution in [-0.2, 0) is 0 Å². The maximum Gasteiger partial charge on any atom is 0.252 e. The molecule has 3 N–H and O–H groups in total. The summed E-state index contributed by atoms with van der Waals surface area (Å²) in [6, 6.07) is 17.4. The van der Waals surface area contributed by atoms with Gasteiger partial charge in [-0.3, -0.25) is 9.79 Å². The summed E-state index contributed by atoms with van der Waals surface area (Å²) >= 11 is 6.90. The van der Waals surface area contributed by atoms with E-state index >= 15 is 0 Å². The van der Waals surface area contributed by atoms with Gasteiger partial charge in [0.1, 0.15) is 11.2 Å². The van der Waals surface area contributed by atoms with Crippen LogP contribution in [0.25, 0.3) is 0 Å². The molecule has 3 rings (SSSR count). The molecule has 1 aliphatic heterocycles. The minimum absolute atomic E-state index is 0.100. The number of thiocarbonyl (C=S) groups is 1. The largest absolute Gasteiger partial charge is 0.360 e. The van der Waals surface area contributed by atoms with Gasteiger partial charge in [-0.05, 0) is 50.3 Å². The number of nitrogens with zero attached hydrogens (tertiary/aromatic N) is 1. The number of hydrogen-bond acceptors (Lipinski definition) is 4. The van der Waals surface area contributed by atoms with Crippen molar-refractivity contribution in [3.63, 3.8) is 0 Å². The molecule has 1 aliphatic rings. The molecule has 1 amide bonds. The first kappa shape index (κ1) is 19.4. The number of anilines is 1. The monoisotopic (exact) mass is 398 g/mol. The van der Waals surface area contributed by atoms with Crippen LogP contribution in [0.15, 0.2) is 59.6 Å². The normalized spacial score (nSPS) is 16.0. The van der Waals surface area contributed by atoms with Crippen LogP contribution >= 0.6 is 24.0 Å². The van der Waals surface area contributed by atoms with Gasteiger partial charge in [0.25, 0.3) is 5.91 Å². The molecule has 140 valence electrons. The van der Waals surface area contributed by atoms with E-state index in [9.17, 15) is 4.79 Å². The molecule has 7 heteroatoms. The SMILES string of the molecule is CC(C)NC(=S)Nc1ccc(C2=NC(NC(=O)c3ccccc3)CS2)cc1. The Hall–Kier alpha value is -2.38.